The molecule has 2 aromatic heterocycles. The second kappa shape index (κ2) is 9.14. The third-order valence-corrected chi connectivity index (χ3v) is 6.56. The highest BCUT2D eigenvalue weighted by molar-refractivity contribution is 6.31. The van der Waals surface area contributed by atoms with Gasteiger partial charge in [0.1, 0.15) is 11.0 Å². The maximum atomic E-state index is 13.7. The number of aromatic nitrogens is 3. The number of imidazole rings is 1. The highest BCUT2D eigenvalue weighted by atomic mass is 35.5. The zero-order chi connectivity index (χ0) is 21.5. The Morgan fingerprint density at radius 3 is 2.62 bits per heavy atom. The molecule has 0 saturated carbocycles. The van der Waals surface area contributed by atoms with Crippen LogP contribution in [-0.4, -0.2) is 33.2 Å². The molecule has 3 heterocycles. The van der Waals surface area contributed by atoms with Crippen molar-refractivity contribution in [3.8, 4) is 0 Å². The number of halogens is 2. The third-order valence-electron chi connectivity index (χ3n) is 6.19. The van der Waals surface area contributed by atoms with Crippen LogP contribution in [0.5, 0.6) is 0 Å². The summed E-state index contributed by atoms with van der Waals surface area (Å²) in [6.07, 6.45) is 2.02. The summed E-state index contributed by atoms with van der Waals surface area (Å²) in [6, 6.07) is 15.9. The van der Waals surface area contributed by atoms with E-state index in [1.54, 1.807) is 0 Å². The first-order chi connectivity index (χ1) is 15.1. The van der Waals surface area contributed by atoms with Crippen molar-refractivity contribution in [3.63, 3.8) is 0 Å². The van der Waals surface area contributed by atoms with Crippen LogP contribution in [0.15, 0.2) is 53.3 Å². The van der Waals surface area contributed by atoms with Crippen molar-refractivity contribution in [1.29, 1.82) is 0 Å². The van der Waals surface area contributed by atoms with E-state index in [1.165, 1.54) is 0 Å². The van der Waals surface area contributed by atoms with Gasteiger partial charge in [-0.1, -0.05) is 48.0 Å². The molecular formula is C24H27Cl2N5O. The Labute approximate surface area is 198 Å². The normalized spacial score (nSPS) is 16.5. The monoisotopic (exact) mass is 471 g/mol. The van der Waals surface area contributed by atoms with Crippen molar-refractivity contribution in [1.82, 2.24) is 14.1 Å². The van der Waals surface area contributed by atoms with Crippen LogP contribution < -0.4 is 16.2 Å². The van der Waals surface area contributed by atoms with Gasteiger partial charge in [0.2, 0.25) is 5.95 Å². The van der Waals surface area contributed by atoms with Crippen LogP contribution >= 0.6 is 24.0 Å². The number of hydrogen-bond acceptors (Lipinski definition) is 4. The van der Waals surface area contributed by atoms with Crippen molar-refractivity contribution in [2.75, 3.05) is 18.0 Å². The molecule has 8 heteroatoms. The molecule has 0 radical (unpaired) electrons. The standard InChI is InChI=1S/C24H26ClN5O.ClH/c1-2-29-20-12-6-4-10-18(20)21-22(23(29)31)30(14-16-8-3-5-11-19(16)25)24(27-21)28-13-7-9-17(26)15-28;/h3-6,8,10-12,17H,2,7,9,13-15,26H2,1H3;1H/t17-;/m1./s1. The highest BCUT2D eigenvalue weighted by Crippen LogP contribution is 2.30. The fourth-order valence-corrected chi connectivity index (χ4v) is 4.88. The molecule has 4 aromatic rings. The summed E-state index contributed by atoms with van der Waals surface area (Å²) in [7, 11) is 0. The zero-order valence-corrected chi connectivity index (χ0v) is 19.6. The third kappa shape index (κ3) is 3.76. The molecular weight excluding hydrogens is 445 g/mol. The number of rotatable bonds is 4. The number of benzene rings is 2. The first-order valence-electron chi connectivity index (χ1n) is 10.8. The highest BCUT2D eigenvalue weighted by Gasteiger charge is 2.26. The summed E-state index contributed by atoms with van der Waals surface area (Å²) in [5, 5.41) is 1.67. The molecule has 1 saturated heterocycles. The van der Waals surface area contributed by atoms with Crippen LogP contribution in [0.1, 0.15) is 25.3 Å². The maximum absolute atomic E-state index is 13.7. The van der Waals surface area contributed by atoms with Crippen LogP contribution in [0.4, 0.5) is 5.95 Å². The minimum absolute atomic E-state index is 0. The Kier molecular flexibility index (Phi) is 6.47. The van der Waals surface area contributed by atoms with Crippen molar-refractivity contribution in [3.05, 3.63) is 69.5 Å². The summed E-state index contributed by atoms with van der Waals surface area (Å²) >= 11 is 6.50. The van der Waals surface area contributed by atoms with E-state index in [0.717, 1.165) is 53.9 Å². The summed E-state index contributed by atoms with van der Waals surface area (Å²) in [6.45, 7) is 4.68. The molecule has 5 rings (SSSR count). The molecule has 1 aliphatic heterocycles. The van der Waals surface area contributed by atoms with E-state index in [0.29, 0.717) is 23.6 Å². The number of aryl methyl sites for hydroxylation is 1. The first-order valence-corrected chi connectivity index (χ1v) is 11.2. The van der Waals surface area contributed by atoms with Crippen LogP contribution in [-0.2, 0) is 13.1 Å². The number of anilines is 1. The lowest BCUT2D eigenvalue weighted by Crippen LogP contribution is -2.44. The largest absolute Gasteiger partial charge is 0.341 e. The Hall–Kier alpha value is -2.54. The van der Waals surface area contributed by atoms with Crippen molar-refractivity contribution in [2.45, 2.75) is 38.9 Å². The van der Waals surface area contributed by atoms with Gasteiger partial charge >= 0.3 is 0 Å². The molecule has 1 fully saturated rings. The maximum Gasteiger partial charge on any atom is 0.277 e. The number of piperidine rings is 1. The lowest BCUT2D eigenvalue weighted by molar-refractivity contribution is 0.495. The van der Waals surface area contributed by atoms with Gasteiger partial charge < -0.3 is 19.8 Å². The quantitative estimate of drug-likeness (QED) is 0.478. The number of nitrogens with two attached hydrogens (primary N) is 1. The molecule has 168 valence electrons. The van der Waals surface area contributed by atoms with Gasteiger partial charge in [-0.3, -0.25) is 4.79 Å². The number of hydrogen-bond donors (Lipinski definition) is 1. The van der Waals surface area contributed by atoms with Crippen molar-refractivity contribution in [2.24, 2.45) is 5.73 Å². The van der Waals surface area contributed by atoms with E-state index in [4.69, 9.17) is 22.3 Å². The second-order valence-electron chi connectivity index (χ2n) is 8.20. The predicted molar refractivity (Wildman–Crippen MR) is 134 cm³/mol. The van der Waals surface area contributed by atoms with Crippen LogP contribution in [0.25, 0.3) is 21.9 Å². The van der Waals surface area contributed by atoms with Gasteiger partial charge in [0.25, 0.3) is 5.56 Å². The first kappa shape index (κ1) is 22.6. The molecule has 32 heavy (non-hydrogen) atoms. The lowest BCUT2D eigenvalue weighted by atomic mass is 10.1. The molecule has 0 unspecified atom stereocenters. The van der Waals surface area contributed by atoms with Gasteiger partial charge in [0.05, 0.1) is 12.1 Å². The van der Waals surface area contributed by atoms with Gasteiger partial charge in [0, 0.05) is 36.1 Å². The van der Waals surface area contributed by atoms with E-state index in [1.807, 2.05) is 64.6 Å². The molecule has 6 nitrogen and oxygen atoms in total. The number of para-hydroxylation sites is 1. The zero-order valence-electron chi connectivity index (χ0n) is 18.0. The van der Waals surface area contributed by atoms with Crippen LogP contribution in [0, 0.1) is 0 Å². The lowest BCUT2D eigenvalue weighted by Gasteiger charge is -2.32. The molecule has 0 bridgehead atoms. The Bertz CT molecular complexity index is 1330. The van der Waals surface area contributed by atoms with Gasteiger partial charge in [-0.15, -0.1) is 12.4 Å². The molecule has 0 spiro atoms. The number of nitrogens with zero attached hydrogens (tertiary/aromatic N) is 4. The van der Waals surface area contributed by atoms with Gasteiger partial charge in [0.15, 0.2) is 0 Å². The molecule has 0 amide bonds. The average molecular weight is 472 g/mol. The summed E-state index contributed by atoms with van der Waals surface area (Å²) in [4.78, 5) is 20.9. The van der Waals surface area contributed by atoms with Crippen molar-refractivity contribution < 1.29 is 0 Å². The molecule has 0 aliphatic carbocycles. The topological polar surface area (TPSA) is 69.1 Å². The van der Waals surface area contributed by atoms with E-state index in [-0.39, 0.29) is 24.0 Å². The second-order valence-corrected chi connectivity index (χ2v) is 8.61. The molecule has 1 atom stereocenters. The van der Waals surface area contributed by atoms with Crippen LogP contribution in [0.2, 0.25) is 5.02 Å². The summed E-state index contributed by atoms with van der Waals surface area (Å²) in [5.41, 5.74) is 9.49. The summed E-state index contributed by atoms with van der Waals surface area (Å²) in [5.74, 6) is 0.793. The number of pyridine rings is 1. The predicted octanol–water partition coefficient (Wildman–Crippen LogP) is 4.42. The van der Waals surface area contributed by atoms with E-state index >= 15 is 0 Å². The number of fused-ring (bicyclic) bond motifs is 3. The van der Waals surface area contributed by atoms with Gasteiger partial charge in [-0.25, -0.2) is 4.98 Å². The molecule has 1 aliphatic rings. The fraction of sp³-hybridized carbons (Fsp3) is 0.333. The minimum atomic E-state index is -0.0247. The van der Waals surface area contributed by atoms with Crippen molar-refractivity contribution >= 4 is 51.9 Å². The molecule has 2 N–H and O–H groups in total. The van der Waals surface area contributed by atoms with Gasteiger partial charge in [-0.2, -0.15) is 0 Å². The fourth-order valence-electron chi connectivity index (χ4n) is 4.69. The Morgan fingerprint density at radius 2 is 1.88 bits per heavy atom. The average Bonchev–Trinajstić information content (AvgIpc) is 3.16. The van der Waals surface area contributed by atoms with Gasteiger partial charge in [-0.05, 0) is 37.5 Å². The molecule has 2 aromatic carbocycles. The SMILES string of the molecule is CCn1c(=O)c2c(nc(N3CCC[C@@H](N)C3)n2Cc2ccccc2Cl)c2ccccc21.Cl. The Balaban J connectivity index is 0.00000245. The van der Waals surface area contributed by atoms with E-state index in [2.05, 4.69) is 4.90 Å². The van der Waals surface area contributed by atoms with E-state index < -0.39 is 0 Å². The van der Waals surface area contributed by atoms with E-state index in [9.17, 15) is 4.79 Å². The smallest absolute Gasteiger partial charge is 0.277 e. The minimum Gasteiger partial charge on any atom is -0.341 e. The van der Waals surface area contributed by atoms with Crippen LogP contribution in [0.3, 0.4) is 0 Å². The Morgan fingerprint density at radius 1 is 1.12 bits per heavy atom. The summed E-state index contributed by atoms with van der Waals surface area (Å²) < 4.78 is 3.86.